The van der Waals surface area contributed by atoms with Crippen LogP contribution >= 0.6 is 0 Å². The Morgan fingerprint density at radius 2 is 2.24 bits per heavy atom. The van der Waals surface area contributed by atoms with Crippen LogP contribution in [0.5, 0.6) is 5.75 Å². The van der Waals surface area contributed by atoms with Crippen molar-refractivity contribution in [3.05, 3.63) is 29.7 Å². The predicted molar refractivity (Wildman–Crippen MR) is 108 cm³/mol. The topological polar surface area (TPSA) is 69.4 Å². The standard InChI is InChI=1S/C22H29F2N3O2/c1-15(2)29-20-9-16(6-7-17-10-22(23,24)11-17)12-27-21(20)19(25)14-26-13-18-5-3-4-8-28-18/h9,12,14-15,17-18,26H,3-5,8,10-11,13,25H2,1-2H3/b19-14-. The minimum absolute atomic E-state index is 0.0690. The lowest BCUT2D eigenvalue weighted by atomic mass is 9.82. The SMILES string of the molecule is CC(C)Oc1cc(C#CC2CC(F)(F)C2)cnc1/C(N)=C/NCC1CCCCO1. The molecule has 2 aliphatic rings. The molecule has 7 heteroatoms. The van der Waals surface area contributed by atoms with E-state index in [9.17, 15) is 8.78 Å². The minimum atomic E-state index is -2.57. The molecule has 0 aromatic carbocycles. The van der Waals surface area contributed by atoms with Crippen molar-refractivity contribution in [3.8, 4) is 17.6 Å². The highest BCUT2D eigenvalue weighted by molar-refractivity contribution is 5.65. The van der Waals surface area contributed by atoms with E-state index in [1.54, 1.807) is 18.5 Å². The Balaban J connectivity index is 1.68. The maximum absolute atomic E-state index is 12.9. The summed E-state index contributed by atoms with van der Waals surface area (Å²) in [5.41, 5.74) is 7.81. The molecule has 1 aliphatic carbocycles. The van der Waals surface area contributed by atoms with Gasteiger partial charge in [-0.1, -0.05) is 11.8 Å². The molecule has 1 saturated heterocycles. The first-order valence-electron chi connectivity index (χ1n) is 10.2. The Bertz CT molecular complexity index is 785. The second-order valence-electron chi connectivity index (χ2n) is 7.96. The van der Waals surface area contributed by atoms with Crippen LogP contribution < -0.4 is 15.8 Å². The van der Waals surface area contributed by atoms with Crippen molar-refractivity contribution in [2.75, 3.05) is 13.2 Å². The molecule has 29 heavy (non-hydrogen) atoms. The third-order valence-corrected chi connectivity index (χ3v) is 4.88. The van der Waals surface area contributed by atoms with Crippen molar-refractivity contribution in [1.82, 2.24) is 10.3 Å². The lowest BCUT2D eigenvalue weighted by Gasteiger charge is -2.31. The average molecular weight is 405 g/mol. The fraction of sp³-hybridized carbons (Fsp3) is 0.591. The molecule has 0 bridgehead atoms. The summed E-state index contributed by atoms with van der Waals surface area (Å²) in [6.07, 6.45) is 6.43. The Kier molecular flexibility index (Phi) is 6.96. The molecule has 158 valence electrons. The molecule has 0 radical (unpaired) electrons. The third kappa shape index (κ3) is 6.33. The number of pyridine rings is 1. The zero-order valence-corrected chi connectivity index (χ0v) is 17.0. The Morgan fingerprint density at radius 1 is 1.45 bits per heavy atom. The quantitative estimate of drug-likeness (QED) is 0.707. The fourth-order valence-corrected chi connectivity index (χ4v) is 3.36. The Hall–Kier alpha value is -2.33. The van der Waals surface area contributed by atoms with Crippen LogP contribution in [0.25, 0.3) is 5.70 Å². The highest BCUT2D eigenvalue weighted by atomic mass is 19.3. The van der Waals surface area contributed by atoms with Crippen molar-refractivity contribution in [1.29, 1.82) is 0 Å². The molecule has 0 spiro atoms. The van der Waals surface area contributed by atoms with E-state index in [0.717, 1.165) is 19.4 Å². The first-order valence-corrected chi connectivity index (χ1v) is 10.2. The van der Waals surface area contributed by atoms with Gasteiger partial charge in [-0.2, -0.15) is 0 Å². The monoisotopic (exact) mass is 405 g/mol. The van der Waals surface area contributed by atoms with Gasteiger partial charge in [-0.25, -0.2) is 13.8 Å². The van der Waals surface area contributed by atoms with E-state index < -0.39 is 5.92 Å². The van der Waals surface area contributed by atoms with Crippen molar-refractivity contribution in [3.63, 3.8) is 0 Å². The number of hydrogen-bond acceptors (Lipinski definition) is 5. The molecule has 1 aromatic rings. The molecular formula is C22H29F2N3O2. The van der Waals surface area contributed by atoms with Crippen LogP contribution in [-0.2, 0) is 4.74 Å². The van der Waals surface area contributed by atoms with E-state index >= 15 is 0 Å². The minimum Gasteiger partial charge on any atom is -0.489 e. The Morgan fingerprint density at radius 3 is 2.90 bits per heavy atom. The summed E-state index contributed by atoms with van der Waals surface area (Å²) in [5.74, 6) is 3.51. The lowest BCUT2D eigenvalue weighted by molar-refractivity contribution is -0.0936. The summed E-state index contributed by atoms with van der Waals surface area (Å²) in [4.78, 5) is 4.41. The molecule has 1 aromatic heterocycles. The van der Waals surface area contributed by atoms with Crippen LogP contribution in [-0.4, -0.2) is 36.3 Å². The molecule has 1 saturated carbocycles. The van der Waals surface area contributed by atoms with E-state index in [0.29, 0.717) is 29.2 Å². The second kappa shape index (κ2) is 9.45. The normalized spacial score (nSPS) is 21.8. The van der Waals surface area contributed by atoms with Crippen LogP contribution in [0.15, 0.2) is 18.5 Å². The van der Waals surface area contributed by atoms with E-state index in [2.05, 4.69) is 22.1 Å². The molecule has 3 rings (SSSR count). The summed E-state index contributed by atoms with van der Waals surface area (Å²) in [6.45, 7) is 5.32. The number of nitrogens with one attached hydrogen (secondary N) is 1. The number of rotatable bonds is 6. The van der Waals surface area contributed by atoms with Crippen molar-refractivity contribution in [2.45, 2.75) is 64.1 Å². The molecule has 2 fully saturated rings. The van der Waals surface area contributed by atoms with Gasteiger partial charge < -0.3 is 20.5 Å². The maximum Gasteiger partial charge on any atom is 0.250 e. The summed E-state index contributed by atoms with van der Waals surface area (Å²) >= 11 is 0. The Labute approximate surface area is 171 Å². The van der Waals surface area contributed by atoms with Crippen molar-refractivity contribution in [2.24, 2.45) is 11.7 Å². The smallest absolute Gasteiger partial charge is 0.250 e. The van der Waals surface area contributed by atoms with Gasteiger partial charge in [-0.3, -0.25) is 0 Å². The highest BCUT2D eigenvalue weighted by Crippen LogP contribution is 2.41. The summed E-state index contributed by atoms with van der Waals surface area (Å²) in [5, 5.41) is 3.20. The molecule has 3 N–H and O–H groups in total. The van der Waals surface area contributed by atoms with Crippen LogP contribution in [0.3, 0.4) is 0 Å². The highest BCUT2D eigenvalue weighted by Gasteiger charge is 2.44. The zero-order chi connectivity index (χ0) is 20.9. The number of ether oxygens (including phenoxy) is 2. The van der Waals surface area contributed by atoms with Crippen LogP contribution in [0.4, 0.5) is 8.78 Å². The van der Waals surface area contributed by atoms with Crippen LogP contribution in [0.1, 0.15) is 57.2 Å². The van der Waals surface area contributed by atoms with Crippen molar-refractivity contribution < 1.29 is 18.3 Å². The average Bonchev–Trinajstić information content (AvgIpc) is 2.65. The molecule has 1 atom stereocenters. The number of nitrogens with two attached hydrogens (primary N) is 1. The molecule has 5 nitrogen and oxygen atoms in total. The first kappa shape index (κ1) is 21.4. The fourth-order valence-electron chi connectivity index (χ4n) is 3.36. The van der Waals surface area contributed by atoms with E-state index in [4.69, 9.17) is 15.2 Å². The van der Waals surface area contributed by atoms with E-state index in [-0.39, 0.29) is 31.0 Å². The number of alkyl halides is 2. The number of nitrogens with zero attached hydrogens (tertiary/aromatic N) is 1. The van der Waals surface area contributed by atoms with Crippen LogP contribution in [0.2, 0.25) is 0 Å². The lowest BCUT2D eigenvalue weighted by Crippen LogP contribution is -2.34. The summed E-state index contributed by atoms with van der Waals surface area (Å²) in [7, 11) is 0. The second-order valence-corrected chi connectivity index (χ2v) is 7.96. The summed E-state index contributed by atoms with van der Waals surface area (Å²) in [6, 6.07) is 1.76. The number of hydrogen-bond donors (Lipinski definition) is 2. The van der Waals surface area contributed by atoms with Gasteiger partial charge in [0.1, 0.15) is 11.4 Å². The zero-order valence-electron chi connectivity index (χ0n) is 17.0. The van der Waals surface area contributed by atoms with Crippen molar-refractivity contribution >= 4 is 5.70 Å². The number of aromatic nitrogens is 1. The van der Waals surface area contributed by atoms with Gasteiger partial charge in [0.2, 0.25) is 0 Å². The van der Waals surface area contributed by atoms with Gasteiger partial charge in [-0.05, 0) is 39.2 Å². The predicted octanol–water partition coefficient (Wildman–Crippen LogP) is 3.68. The van der Waals surface area contributed by atoms with E-state index in [1.165, 1.54) is 6.42 Å². The van der Waals surface area contributed by atoms with Gasteiger partial charge in [0.25, 0.3) is 5.92 Å². The van der Waals surface area contributed by atoms with Gasteiger partial charge in [0.15, 0.2) is 0 Å². The number of halogens is 2. The maximum atomic E-state index is 12.9. The van der Waals surface area contributed by atoms with Gasteiger partial charge >= 0.3 is 0 Å². The van der Waals surface area contributed by atoms with Gasteiger partial charge in [0.05, 0.1) is 17.9 Å². The van der Waals surface area contributed by atoms with Gasteiger partial charge in [-0.15, -0.1) is 0 Å². The molecule has 1 aliphatic heterocycles. The van der Waals surface area contributed by atoms with Crippen LogP contribution in [0, 0.1) is 17.8 Å². The molecule has 2 heterocycles. The van der Waals surface area contributed by atoms with Gasteiger partial charge in [0, 0.05) is 49.9 Å². The molecular weight excluding hydrogens is 376 g/mol. The largest absolute Gasteiger partial charge is 0.489 e. The third-order valence-electron chi connectivity index (χ3n) is 4.88. The summed E-state index contributed by atoms with van der Waals surface area (Å²) < 4.78 is 37.5. The first-order chi connectivity index (χ1) is 13.8. The molecule has 0 amide bonds. The molecule has 1 unspecified atom stereocenters. The van der Waals surface area contributed by atoms with E-state index in [1.807, 2.05) is 13.8 Å².